The van der Waals surface area contributed by atoms with Gasteiger partial charge in [-0.15, -0.1) is 0 Å². The number of benzene rings is 1. The first kappa shape index (κ1) is 20.2. The lowest BCUT2D eigenvalue weighted by molar-refractivity contribution is -0.136. The maximum Gasteiger partial charge on any atom is 0.226 e. The van der Waals surface area contributed by atoms with Crippen LogP contribution in [0.15, 0.2) is 12.1 Å². The smallest absolute Gasteiger partial charge is 0.226 e. The molecule has 2 amide bonds. The van der Waals surface area contributed by atoms with E-state index >= 15 is 0 Å². The van der Waals surface area contributed by atoms with Crippen LogP contribution >= 0.6 is 0 Å². The summed E-state index contributed by atoms with van der Waals surface area (Å²) in [4.78, 5) is 26.4. The minimum Gasteiger partial charge on any atom is -0.493 e. The van der Waals surface area contributed by atoms with Crippen LogP contribution in [0.3, 0.4) is 0 Å². The number of aryl methyl sites for hydroxylation is 2. The molecule has 0 spiro atoms. The van der Waals surface area contributed by atoms with Crippen molar-refractivity contribution >= 4 is 11.8 Å². The Morgan fingerprint density at radius 3 is 2.81 bits per heavy atom. The van der Waals surface area contributed by atoms with Gasteiger partial charge in [-0.2, -0.15) is 0 Å². The van der Waals surface area contributed by atoms with Gasteiger partial charge < -0.3 is 20.7 Å². The molecule has 1 unspecified atom stereocenters. The minimum absolute atomic E-state index is 0.00457. The summed E-state index contributed by atoms with van der Waals surface area (Å²) in [6, 6.07) is 4.13. The standard InChI is InChI=1S/C20H31N3O3/c1-14-11-15(2)16(3)18(12-14)26-10-6-19(24)23-9-4-5-17(13-23)20(25)22-8-7-21/h11-12,17H,4-10,13,21H2,1-3H3,(H,22,25). The van der Waals surface area contributed by atoms with Gasteiger partial charge in [-0.1, -0.05) is 6.07 Å². The van der Waals surface area contributed by atoms with Gasteiger partial charge in [-0.25, -0.2) is 0 Å². The van der Waals surface area contributed by atoms with Crippen LogP contribution in [0.4, 0.5) is 0 Å². The van der Waals surface area contributed by atoms with Crippen molar-refractivity contribution in [3.63, 3.8) is 0 Å². The molecule has 0 radical (unpaired) electrons. The van der Waals surface area contributed by atoms with Crippen LogP contribution in [0, 0.1) is 26.7 Å². The number of rotatable bonds is 7. The van der Waals surface area contributed by atoms with Crippen LogP contribution in [0.2, 0.25) is 0 Å². The second kappa shape index (κ2) is 9.57. The number of amides is 2. The normalized spacial score (nSPS) is 17.1. The Balaban J connectivity index is 1.83. The van der Waals surface area contributed by atoms with Crippen molar-refractivity contribution in [3.8, 4) is 5.75 Å². The zero-order valence-corrected chi connectivity index (χ0v) is 16.1. The fourth-order valence-corrected chi connectivity index (χ4v) is 3.31. The van der Waals surface area contributed by atoms with Gasteiger partial charge in [0.2, 0.25) is 11.8 Å². The fourth-order valence-electron chi connectivity index (χ4n) is 3.31. The Labute approximate surface area is 156 Å². The van der Waals surface area contributed by atoms with E-state index in [0.29, 0.717) is 39.2 Å². The molecule has 1 atom stereocenters. The van der Waals surface area contributed by atoms with Crippen LogP contribution in [0.25, 0.3) is 0 Å². The highest BCUT2D eigenvalue weighted by atomic mass is 16.5. The number of nitrogens with one attached hydrogen (secondary N) is 1. The largest absolute Gasteiger partial charge is 0.493 e. The molecule has 6 heteroatoms. The van der Waals surface area contributed by atoms with Gasteiger partial charge in [-0.3, -0.25) is 9.59 Å². The Kier molecular flexibility index (Phi) is 7.45. The molecule has 0 bridgehead atoms. The third-order valence-corrected chi connectivity index (χ3v) is 4.93. The molecule has 3 N–H and O–H groups in total. The molecule has 0 aliphatic carbocycles. The molecule has 144 valence electrons. The predicted molar refractivity (Wildman–Crippen MR) is 102 cm³/mol. The zero-order chi connectivity index (χ0) is 19.1. The molecule has 1 aromatic carbocycles. The fraction of sp³-hybridized carbons (Fsp3) is 0.600. The van der Waals surface area contributed by atoms with E-state index in [2.05, 4.69) is 18.3 Å². The van der Waals surface area contributed by atoms with Gasteiger partial charge in [0.25, 0.3) is 0 Å². The molecule has 1 aliphatic rings. The highest BCUT2D eigenvalue weighted by Gasteiger charge is 2.28. The van der Waals surface area contributed by atoms with E-state index in [4.69, 9.17) is 10.5 Å². The third kappa shape index (κ3) is 5.46. The molecular weight excluding hydrogens is 330 g/mol. The number of carbonyl (C=O) groups excluding carboxylic acids is 2. The molecule has 1 saturated heterocycles. The molecule has 1 heterocycles. The van der Waals surface area contributed by atoms with Gasteiger partial charge >= 0.3 is 0 Å². The van der Waals surface area contributed by atoms with E-state index in [1.807, 2.05) is 19.9 Å². The Bertz CT molecular complexity index is 645. The molecule has 6 nitrogen and oxygen atoms in total. The third-order valence-electron chi connectivity index (χ3n) is 4.93. The number of nitrogens with two attached hydrogens (primary N) is 1. The van der Waals surface area contributed by atoms with Gasteiger partial charge in [0.15, 0.2) is 0 Å². The first-order chi connectivity index (χ1) is 12.4. The Hall–Kier alpha value is -2.08. The lowest BCUT2D eigenvalue weighted by Crippen LogP contribution is -2.46. The number of hydrogen-bond acceptors (Lipinski definition) is 4. The molecule has 0 aromatic heterocycles. The Morgan fingerprint density at radius 1 is 1.31 bits per heavy atom. The van der Waals surface area contributed by atoms with E-state index in [-0.39, 0.29) is 17.7 Å². The highest BCUT2D eigenvalue weighted by molar-refractivity contribution is 5.81. The lowest BCUT2D eigenvalue weighted by atomic mass is 9.97. The van der Waals surface area contributed by atoms with Crippen LogP contribution in [0.1, 0.15) is 36.0 Å². The van der Waals surface area contributed by atoms with Gasteiger partial charge in [0, 0.05) is 26.2 Å². The van der Waals surface area contributed by atoms with Gasteiger partial charge in [0.1, 0.15) is 5.75 Å². The van der Waals surface area contributed by atoms with Crippen LogP contribution in [0.5, 0.6) is 5.75 Å². The van der Waals surface area contributed by atoms with E-state index in [1.54, 1.807) is 4.90 Å². The van der Waals surface area contributed by atoms with Crippen molar-refractivity contribution in [2.24, 2.45) is 11.7 Å². The van der Waals surface area contributed by atoms with Crippen LogP contribution in [-0.2, 0) is 9.59 Å². The minimum atomic E-state index is -0.137. The summed E-state index contributed by atoms with van der Waals surface area (Å²) >= 11 is 0. The highest BCUT2D eigenvalue weighted by Crippen LogP contribution is 2.23. The second-order valence-corrected chi connectivity index (χ2v) is 7.06. The molecule has 1 aromatic rings. The number of hydrogen-bond donors (Lipinski definition) is 2. The van der Waals surface area contributed by atoms with Gasteiger partial charge in [0.05, 0.1) is 18.9 Å². The molecule has 26 heavy (non-hydrogen) atoms. The maximum absolute atomic E-state index is 12.5. The van der Waals surface area contributed by atoms with Crippen molar-refractivity contribution in [2.45, 2.75) is 40.0 Å². The summed E-state index contributed by atoms with van der Waals surface area (Å²) in [5, 5.41) is 2.82. The summed E-state index contributed by atoms with van der Waals surface area (Å²) in [7, 11) is 0. The van der Waals surface area contributed by atoms with E-state index in [9.17, 15) is 9.59 Å². The van der Waals surface area contributed by atoms with Gasteiger partial charge in [-0.05, 0) is 56.4 Å². The van der Waals surface area contributed by atoms with Crippen molar-refractivity contribution in [3.05, 3.63) is 28.8 Å². The number of carbonyl (C=O) groups is 2. The molecule has 1 fully saturated rings. The predicted octanol–water partition coefficient (Wildman–Crippen LogP) is 1.69. The van der Waals surface area contributed by atoms with Crippen molar-refractivity contribution in [1.29, 1.82) is 0 Å². The van der Waals surface area contributed by atoms with Crippen molar-refractivity contribution < 1.29 is 14.3 Å². The van der Waals surface area contributed by atoms with E-state index in [1.165, 1.54) is 5.56 Å². The molecule has 0 saturated carbocycles. The number of likely N-dealkylation sites (tertiary alicyclic amines) is 1. The van der Waals surface area contributed by atoms with Crippen molar-refractivity contribution in [2.75, 3.05) is 32.8 Å². The quantitative estimate of drug-likeness (QED) is 0.774. The zero-order valence-electron chi connectivity index (χ0n) is 16.1. The lowest BCUT2D eigenvalue weighted by Gasteiger charge is -2.32. The second-order valence-electron chi connectivity index (χ2n) is 7.06. The first-order valence-electron chi connectivity index (χ1n) is 9.38. The Morgan fingerprint density at radius 2 is 2.08 bits per heavy atom. The topological polar surface area (TPSA) is 84.7 Å². The summed E-state index contributed by atoms with van der Waals surface area (Å²) < 4.78 is 5.85. The van der Waals surface area contributed by atoms with E-state index < -0.39 is 0 Å². The average molecular weight is 361 g/mol. The molecule has 2 rings (SSSR count). The SMILES string of the molecule is Cc1cc(C)c(C)c(OCCC(=O)N2CCCC(C(=O)NCCN)C2)c1. The monoisotopic (exact) mass is 361 g/mol. The van der Waals surface area contributed by atoms with Crippen molar-refractivity contribution in [1.82, 2.24) is 10.2 Å². The average Bonchev–Trinajstić information content (AvgIpc) is 2.63. The first-order valence-corrected chi connectivity index (χ1v) is 9.38. The maximum atomic E-state index is 12.5. The number of nitrogens with zero attached hydrogens (tertiary/aromatic N) is 1. The molecular formula is C20H31N3O3. The molecule has 1 aliphatic heterocycles. The van der Waals surface area contributed by atoms with Crippen LogP contribution < -0.4 is 15.8 Å². The summed E-state index contributed by atoms with van der Waals surface area (Å²) in [6.07, 6.45) is 1.99. The summed E-state index contributed by atoms with van der Waals surface area (Å²) in [5.74, 6) is 0.744. The summed E-state index contributed by atoms with van der Waals surface area (Å²) in [5.41, 5.74) is 8.87. The number of piperidine rings is 1. The number of ether oxygens (including phenoxy) is 1. The summed E-state index contributed by atoms with van der Waals surface area (Å²) in [6.45, 7) is 8.57. The van der Waals surface area contributed by atoms with Crippen LogP contribution in [-0.4, -0.2) is 49.5 Å². The van der Waals surface area contributed by atoms with E-state index in [0.717, 1.165) is 29.7 Å².